The Hall–Kier alpha value is -0.830. The third kappa shape index (κ3) is 2.35. The zero-order chi connectivity index (χ0) is 8.10. The number of rotatable bonds is 4. The van der Waals surface area contributed by atoms with Gasteiger partial charge in [0.2, 0.25) is 0 Å². The Labute approximate surface area is 67.2 Å². The molecule has 11 heavy (non-hydrogen) atoms. The normalized spacial score (nSPS) is 13.3. The molecule has 0 aliphatic heterocycles. The Bertz CT molecular complexity index is 181. The predicted molar refractivity (Wildman–Crippen MR) is 45.5 cm³/mol. The van der Waals surface area contributed by atoms with Gasteiger partial charge in [-0.25, -0.2) is 0 Å². The van der Waals surface area contributed by atoms with Crippen LogP contribution in [0.2, 0.25) is 0 Å². The molecule has 0 fully saturated rings. The molecule has 0 spiro atoms. The molecule has 1 atom stereocenters. The fourth-order valence-electron chi connectivity index (χ4n) is 1.01. The fourth-order valence-corrected chi connectivity index (χ4v) is 1.01. The topological polar surface area (TPSA) is 40.7 Å². The van der Waals surface area contributed by atoms with Gasteiger partial charge in [0.15, 0.2) is 0 Å². The standard InChI is InChI=1S/C8H15N3/c1-3-9-6-7(2)8-4-5-10-11-8/h4-5,7,9H,3,6H2,1-2H3,(H,10,11). The lowest BCUT2D eigenvalue weighted by Crippen LogP contribution is -2.19. The van der Waals surface area contributed by atoms with Crippen molar-refractivity contribution in [1.82, 2.24) is 15.5 Å². The fraction of sp³-hybridized carbons (Fsp3) is 0.625. The summed E-state index contributed by atoms with van der Waals surface area (Å²) in [6.45, 7) is 6.33. The average molecular weight is 153 g/mol. The second-order valence-electron chi connectivity index (χ2n) is 2.72. The summed E-state index contributed by atoms with van der Waals surface area (Å²) < 4.78 is 0. The molecule has 1 aromatic rings. The molecular formula is C8H15N3. The van der Waals surface area contributed by atoms with E-state index in [9.17, 15) is 0 Å². The van der Waals surface area contributed by atoms with Crippen LogP contribution in [-0.4, -0.2) is 23.3 Å². The van der Waals surface area contributed by atoms with E-state index in [0.29, 0.717) is 5.92 Å². The van der Waals surface area contributed by atoms with Gasteiger partial charge in [0.1, 0.15) is 0 Å². The Kier molecular flexibility index (Phi) is 3.11. The first-order valence-electron chi connectivity index (χ1n) is 4.04. The molecule has 0 bridgehead atoms. The Morgan fingerprint density at radius 2 is 2.55 bits per heavy atom. The van der Waals surface area contributed by atoms with Crippen molar-refractivity contribution in [2.45, 2.75) is 19.8 Å². The molecule has 0 aliphatic carbocycles. The lowest BCUT2D eigenvalue weighted by atomic mass is 10.1. The van der Waals surface area contributed by atoms with Crippen LogP contribution in [0.5, 0.6) is 0 Å². The highest BCUT2D eigenvalue weighted by Crippen LogP contribution is 2.08. The molecule has 2 N–H and O–H groups in total. The van der Waals surface area contributed by atoms with Crippen molar-refractivity contribution >= 4 is 0 Å². The molecule has 1 rings (SSSR count). The van der Waals surface area contributed by atoms with E-state index in [1.54, 1.807) is 6.20 Å². The monoisotopic (exact) mass is 153 g/mol. The lowest BCUT2D eigenvalue weighted by molar-refractivity contribution is 0.621. The summed E-state index contributed by atoms with van der Waals surface area (Å²) in [6.07, 6.45) is 1.79. The van der Waals surface area contributed by atoms with Crippen molar-refractivity contribution in [1.29, 1.82) is 0 Å². The molecule has 0 radical (unpaired) electrons. The maximum absolute atomic E-state index is 3.90. The summed E-state index contributed by atoms with van der Waals surface area (Å²) in [4.78, 5) is 0. The van der Waals surface area contributed by atoms with Gasteiger partial charge >= 0.3 is 0 Å². The number of likely N-dealkylation sites (N-methyl/N-ethyl adjacent to an activating group) is 1. The summed E-state index contributed by atoms with van der Waals surface area (Å²) in [5.41, 5.74) is 1.20. The largest absolute Gasteiger partial charge is 0.316 e. The van der Waals surface area contributed by atoms with E-state index >= 15 is 0 Å². The number of nitrogens with zero attached hydrogens (tertiary/aromatic N) is 1. The highest BCUT2D eigenvalue weighted by molar-refractivity contribution is 5.04. The molecule has 0 saturated heterocycles. The Morgan fingerprint density at radius 1 is 1.73 bits per heavy atom. The molecule has 0 saturated carbocycles. The zero-order valence-electron chi connectivity index (χ0n) is 7.09. The van der Waals surface area contributed by atoms with E-state index in [-0.39, 0.29) is 0 Å². The second-order valence-corrected chi connectivity index (χ2v) is 2.72. The number of hydrogen-bond donors (Lipinski definition) is 2. The maximum atomic E-state index is 3.90. The van der Waals surface area contributed by atoms with Crippen LogP contribution in [0.1, 0.15) is 25.5 Å². The van der Waals surface area contributed by atoms with E-state index in [1.807, 2.05) is 6.07 Å². The van der Waals surface area contributed by atoms with Crippen molar-refractivity contribution in [2.24, 2.45) is 0 Å². The minimum atomic E-state index is 0.525. The first-order valence-corrected chi connectivity index (χ1v) is 4.04. The first-order chi connectivity index (χ1) is 5.34. The third-order valence-corrected chi connectivity index (χ3v) is 1.75. The highest BCUT2D eigenvalue weighted by atomic mass is 15.1. The van der Waals surface area contributed by atoms with Crippen LogP contribution in [0.3, 0.4) is 0 Å². The minimum absolute atomic E-state index is 0.525. The summed E-state index contributed by atoms with van der Waals surface area (Å²) in [6, 6.07) is 2.02. The summed E-state index contributed by atoms with van der Waals surface area (Å²) >= 11 is 0. The van der Waals surface area contributed by atoms with Crippen LogP contribution >= 0.6 is 0 Å². The van der Waals surface area contributed by atoms with Gasteiger partial charge in [-0.15, -0.1) is 0 Å². The average Bonchev–Trinajstić information content (AvgIpc) is 2.52. The van der Waals surface area contributed by atoms with Crippen LogP contribution in [0, 0.1) is 0 Å². The SMILES string of the molecule is CCNCC(C)c1ccn[nH]1. The Balaban J connectivity index is 2.36. The molecule has 1 aromatic heterocycles. The first kappa shape index (κ1) is 8.27. The van der Waals surface area contributed by atoms with Crippen LogP contribution in [0.15, 0.2) is 12.3 Å². The van der Waals surface area contributed by atoms with Crippen molar-refractivity contribution < 1.29 is 0 Å². The van der Waals surface area contributed by atoms with Gasteiger partial charge in [0.05, 0.1) is 0 Å². The number of nitrogens with one attached hydrogen (secondary N) is 2. The van der Waals surface area contributed by atoms with Gasteiger partial charge in [0, 0.05) is 24.4 Å². The van der Waals surface area contributed by atoms with E-state index in [1.165, 1.54) is 5.69 Å². The van der Waals surface area contributed by atoms with E-state index in [2.05, 4.69) is 29.4 Å². The van der Waals surface area contributed by atoms with Crippen molar-refractivity contribution in [3.8, 4) is 0 Å². The van der Waals surface area contributed by atoms with Gasteiger partial charge in [-0.1, -0.05) is 13.8 Å². The molecular weight excluding hydrogens is 138 g/mol. The predicted octanol–water partition coefficient (Wildman–Crippen LogP) is 1.12. The Morgan fingerprint density at radius 3 is 3.09 bits per heavy atom. The van der Waals surface area contributed by atoms with E-state index in [4.69, 9.17) is 0 Å². The summed E-state index contributed by atoms with van der Waals surface area (Å²) in [5.74, 6) is 0.525. The number of H-pyrrole nitrogens is 1. The molecule has 62 valence electrons. The molecule has 0 aliphatic rings. The molecule has 1 heterocycles. The lowest BCUT2D eigenvalue weighted by Gasteiger charge is -2.08. The van der Waals surface area contributed by atoms with Crippen LogP contribution in [0.25, 0.3) is 0 Å². The summed E-state index contributed by atoms with van der Waals surface area (Å²) in [5, 5.41) is 10.1. The molecule has 0 aromatic carbocycles. The molecule has 0 amide bonds. The summed E-state index contributed by atoms with van der Waals surface area (Å²) in [7, 11) is 0. The molecule has 1 unspecified atom stereocenters. The zero-order valence-corrected chi connectivity index (χ0v) is 7.09. The van der Waals surface area contributed by atoms with Crippen molar-refractivity contribution in [3.63, 3.8) is 0 Å². The maximum Gasteiger partial charge on any atom is 0.0490 e. The van der Waals surface area contributed by atoms with Crippen LogP contribution in [-0.2, 0) is 0 Å². The smallest absolute Gasteiger partial charge is 0.0490 e. The minimum Gasteiger partial charge on any atom is -0.316 e. The van der Waals surface area contributed by atoms with Crippen LogP contribution < -0.4 is 5.32 Å². The van der Waals surface area contributed by atoms with E-state index < -0.39 is 0 Å². The van der Waals surface area contributed by atoms with Crippen LogP contribution in [0.4, 0.5) is 0 Å². The highest BCUT2D eigenvalue weighted by Gasteiger charge is 2.04. The molecule has 3 nitrogen and oxygen atoms in total. The van der Waals surface area contributed by atoms with Gasteiger partial charge in [-0.05, 0) is 12.6 Å². The van der Waals surface area contributed by atoms with Crippen molar-refractivity contribution in [2.75, 3.05) is 13.1 Å². The van der Waals surface area contributed by atoms with Gasteiger partial charge in [-0.2, -0.15) is 5.10 Å². The van der Waals surface area contributed by atoms with Gasteiger partial charge in [0.25, 0.3) is 0 Å². The third-order valence-electron chi connectivity index (χ3n) is 1.75. The molecule has 3 heteroatoms. The van der Waals surface area contributed by atoms with Gasteiger partial charge in [-0.3, -0.25) is 5.10 Å². The number of hydrogen-bond acceptors (Lipinski definition) is 2. The number of aromatic amines is 1. The second kappa shape index (κ2) is 4.13. The van der Waals surface area contributed by atoms with Crippen molar-refractivity contribution in [3.05, 3.63) is 18.0 Å². The quantitative estimate of drug-likeness (QED) is 0.680. The van der Waals surface area contributed by atoms with Gasteiger partial charge < -0.3 is 5.32 Å². The number of aromatic nitrogens is 2. The van der Waals surface area contributed by atoms with E-state index in [0.717, 1.165) is 13.1 Å².